The number of carbonyl (C=O) groups excluding carboxylic acids is 2. The van der Waals surface area contributed by atoms with Gasteiger partial charge in [0, 0.05) is 0 Å². The standard InChI is InChI=1S/C10H8N2O2.C3H8/c13-7-11-5-9-3-1-2-4-10(9)6-12-8-14;1-3-2/h1-4H,5-6H2;3H2,1-2H3. The van der Waals surface area contributed by atoms with E-state index in [1.54, 1.807) is 0 Å². The average Bonchev–Trinajstić information content (AvgIpc) is 2.36. The first-order chi connectivity index (χ1) is 8.29. The third kappa shape index (κ3) is 6.96. The molecule has 1 aromatic rings. The van der Waals surface area contributed by atoms with E-state index in [1.165, 1.54) is 18.6 Å². The molecule has 0 saturated heterocycles. The van der Waals surface area contributed by atoms with Crippen LogP contribution < -0.4 is 0 Å². The predicted molar refractivity (Wildman–Crippen MR) is 66.1 cm³/mol. The average molecular weight is 232 g/mol. The summed E-state index contributed by atoms with van der Waals surface area (Å²) in [4.78, 5) is 26.8. The SMILES string of the molecule is CCC.O=C=NCc1ccccc1CN=C=O. The van der Waals surface area contributed by atoms with Crippen molar-refractivity contribution in [3.8, 4) is 0 Å². The smallest absolute Gasteiger partial charge is 0.211 e. The van der Waals surface area contributed by atoms with E-state index in [-0.39, 0.29) is 13.1 Å². The zero-order chi connectivity index (χ0) is 12.9. The number of aliphatic imine (C=N–C) groups is 2. The highest BCUT2D eigenvalue weighted by Gasteiger charge is 1.99. The monoisotopic (exact) mass is 232 g/mol. The van der Waals surface area contributed by atoms with E-state index in [9.17, 15) is 9.59 Å². The van der Waals surface area contributed by atoms with Gasteiger partial charge in [0.25, 0.3) is 0 Å². The summed E-state index contributed by atoms with van der Waals surface area (Å²) in [5.41, 5.74) is 1.74. The van der Waals surface area contributed by atoms with Crippen LogP contribution in [0.1, 0.15) is 31.4 Å². The van der Waals surface area contributed by atoms with Crippen molar-refractivity contribution in [3.05, 3.63) is 35.4 Å². The summed E-state index contributed by atoms with van der Waals surface area (Å²) in [7, 11) is 0. The predicted octanol–water partition coefficient (Wildman–Crippen LogP) is 2.77. The number of nitrogens with zero attached hydrogens (tertiary/aromatic N) is 2. The Balaban J connectivity index is 0.000000770. The van der Waals surface area contributed by atoms with Crippen molar-refractivity contribution >= 4 is 12.2 Å². The Morgan fingerprint density at radius 1 is 0.941 bits per heavy atom. The van der Waals surface area contributed by atoms with E-state index >= 15 is 0 Å². The first-order valence-corrected chi connectivity index (χ1v) is 5.44. The highest BCUT2D eigenvalue weighted by atomic mass is 16.1. The third-order valence-corrected chi connectivity index (χ3v) is 1.75. The number of benzene rings is 1. The van der Waals surface area contributed by atoms with E-state index in [0.29, 0.717) is 0 Å². The molecular weight excluding hydrogens is 216 g/mol. The van der Waals surface area contributed by atoms with Gasteiger partial charge in [-0.2, -0.15) is 0 Å². The molecule has 0 amide bonds. The Labute approximate surface area is 101 Å². The molecule has 0 aliphatic rings. The van der Waals surface area contributed by atoms with Crippen molar-refractivity contribution < 1.29 is 9.59 Å². The third-order valence-electron chi connectivity index (χ3n) is 1.75. The van der Waals surface area contributed by atoms with Crippen LogP contribution in [0.5, 0.6) is 0 Å². The second-order valence-electron chi connectivity index (χ2n) is 3.29. The van der Waals surface area contributed by atoms with Crippen LogP contribution in [0.2, 0.25) is 0 Å². The van der Waals surface area contributed by atoms with Gasteiger partial charge in [0.15, 0.2) is 0 Å². The molecule has 0 unspecified atom stereocenters. The fourth-order valence-electron chi connectivity index (χ4n) is 1.10. The normalized spacial score (nSPS) is 8.12. The van der Waals surface area contributed by atoms with Gasteiger partial charge < -0.3 is 0 Å². The van der Waals surface area contributed by atoms with Crippen molar-refractivity contribution in [3.63, 3.8) is 0 Å². The van der Waals surface area contributed by atoms with Crippen LogP contribution in [0, 0.1) is 0 Å². The summed E-state index contributed by atoms with van der Waals surface area (Å²) in [5, 5.41) is 0. The molecule has 0 saturated carbocycles. The van der Waals surface area contributed by atoms with E-state index in [0.717, 1.165) is 11.1 Å². The number of hydrogen-bond donors (Lipinski definition) is 0. The van der Waals surface area contributed by atoms with Crippen LogP contribution in [0.25, 0.3) is 0 Å². The zero-order valence-corrected chi connectivity index (χ0v) is 10.1. The van der Waals surface area contributed by atoms with Gasteiger partial charge in [0.2, 0.25) is 12.2 Å². The van der Waals surface area contributed by atoms with Crippen LogP contribution in [-0.4, -0.2) is 12.2 Å². The van der Waals surface area contributed by atoms with Crippen molar-refractivity contribution in [1.29, 1.82) is 0 Å². The minimum atomic E-state index is 0.272. The van der Waals surface area contributed by atoms with Crippen LogP contribution in [0.4, 0.5) is 0 Å². The van der Waals surface area contributed by atoms with Gasteiger partial charge >= 0.3 is 0 Å². The fraction of sp³-hybridized carbons (Fsp3) is 0.385. The molecule has 0 radical (unpaired) electrons. The van der Waals surface area contributed by atoms with Crippen molar-refractivity contribution in [2.75, 3.05) is 0 Å². The Kier molecular flexibility index (Phi) is 9.25. The Morgan fingerprint density at radius 2 is 1.29 bits per heavy atom. The Bertz CT molecular complexity index is 378. The molecule has 0 bridgehead atoms. The van der Waals surface area contributed by atoms with Crippen molar-refractivity contribution in [1.82, 2.24) is 0 Å². The van der Waals surface area contributed by atoms with Crippen molar-refractivity contribution in [2.45, 2.75) is 33.4 Å². The van der Waals surface area contributed by atoms with E-state index in [2.05, 4.69) is 23.8 Å². The van der Waals surface area contributed by atoms with Gasteiger partial charge in [0.1, 0.15) is 0 Å². The second kappa shape index (κ2) is 10.5. The number of rotatable bonds is 4. The Hall–Kier alpha value is -2.02. The van der Waals surface area contributed by atoms with Gasteiger partial charge in [-0.15, -0.1) is 0 Å². The molecule has 90 valence electrons. The van der Waals surface area contributed by atoms with Crippen LogP contribution >= 0.6 is 0 Å². The minimum absolute atomic E-state index is 0.272. The maximum Gasteiger partial charge on any atom is 0.235 e. The van der Waals surface area contributed by atoms with Crippen LogP contribution in [0.3, 0.4) is 0 Å². The van der Waals surface area contributed by atoms with E-state index < -0.39 is 0 Å². The van der Waals surface area contributed by atoms with Gasteiger partial charge in [0.05, 0.1) is 13.1 Å². The second-order valence-corrected chi connectivity index (χ2v) is 3.29. The van der Waals surface area contributed by atoms with Gasteiger partial charge in [-0.1, -0.05) is 44.5 Å². The lowest BCUT2D eigenvalue weighted by atomic mass is 10.1. The highest BCUT2D eigenvalue weighted by Crippen LogP contribution is 2.10. The van der Waals surface area contributed by atoms with Gasteiger partial charge in [-0.05, 0) is 11.1 Å². The maximum atomic E-state index is 9.93. The molecule has 4 heteroatoms. The summed E-state index contributed by atoms with van der Waals surface area (Å²) in [6, 6.07) is 7.33. The minimum Gasteiger partial charge on any atom is -0.211 e. The van der Waals surface area contributed by atoms with E-state index in [1.807, 2.05) is 24.3 Å². The quantitative estimate of drug-likeness (QED) is 0.592. The first-order valence-electron chi connectivity index (χ1n) is 5.44. The summed E-state index contributed by atoms with van der Waals surface area (Å²) >= 11 is 0. The molecule has 0 spiro atoms. The molecule has 4 nitrogen and oxygen atoms in total. The lowest BCUT2D eigenvalue weighted by molar-refractivity contribution is 0.561. The van der Waals surface area contributed by atoms with Gasteiger partial charge in [-0.25, -0.2) is 19.6 Å². The molecule has 17 heavy (non-hydrogen) atoms. The first kappa shape index (κ1) is 15.0. The van der Waals surface area contributed by atoms with Gasteiger partial charge in [-0.3, -0.25) is 0 Å². The maximum absolute atomic E-state index is 9.93. The number of hydrogen-bond acceptors (Lipinski definition) is 4. The summed E-state index contributed by atoms with van der Waals surface area (Å²) in [6.45, 7) is 4.79. The summed E-state index contributed by atoms with van der Waals surface area (Å²) in [6.07, 6.45) is 4.18. The van der Waals surface area contributed by atoms with Crippen molar-refractivity contribution in [2.24, 2.45) is 9.98 Å². The molecule has 1 aromatic carbocycles. The molecule has 1 rings (SSSR count). The zero-order valence-electron chi connectivity index (χ0n) is 10.1. The lowest BCUT2D eigenvalue weighted by Crippen LogP contribution is -1.90. The molecule has 0 fully saturated rings. The summed E-state index contributed by atoms with van der Waals surface area (Å²) in [5.74, 6) is 0. The largest absolute Gasteiger partial charge is 0.235 e. The van der Waals surface area contributed by atoms with E-state index in [4.69, 9.17) is 0 Å². The fourth-order valence-corrected chi connectivity index (χ4v) is 1.10. The van der Waals surface area contributed by atoms with Crippen LogP contribution in [0.15, 0.2) is 34.3 Å². The summed E-state index contributed by atoms with van der Waals surface area (Å²) < 4.78 is 0. The highest BCUT2D eigenvalue weighted by molar-refractivity contribution is 5.37. The molecule has 0 heterocycles. The Morgan fingerprint density at radius 3 is 1.59 bits per heavy atom. The molecular formula is C13H16N2O2. The molecule has 0 N–H and O–H groups in total. The number of isocyanates is 2. The lowest BCUT2D eigenvalue weighted by Gasteiger charge is -2.01. The molecule has 0 atom stereocenters. The van der Waals surface area contributed by atoms with Crippen LogP contribution in [-0.2, 0) is 22.7 Å². The molecule has 0 aliphatic carbocycles. The topological polar surface area (TPSA) is 58.9 Å². The molecule has 0 aliphatic heterocycles. The molecule has 0 aromatic heterocycles.